The molecule has 0 amide bonds. The third-order valence-electron chi connectivity index (χ3n) is 2.25. The van der Waals surface area contributed by atoms with Crippen LogP contribution in [0, 0.1) is 22.7 Å². The van der Waals surface area contributed by atoms with E-state index in [4.69, 9.17) is 15.3 Å². The van der Waals surface area contributed by atoms with Crippen LogP contribution in [0.15, 0.2) is 6.33 Å². The van der Waals surface area contributed by atoms with Crippen LogP contribution in [0.2, 0.25) is 0 Å². The Morgan fingerprint density at radius 2 is 2.33 bits per heavy atom. The van der Waals surface area contributed by atoms with Crippen LogP contribution in [0.25, 0.3) is 0 Å². The molecule has 0 spiro atoms. The first kappa shape index (κ1) is 9.22. The number of ether oxygens (including phenoxy) is 1. The first-order valence-corrected chi connectivity index (χ1v) is 4.31. The average molecular weight is 202 g/mol. The Kier molecular flexibility index (Phi) is 2.11. The van der Waals surface area contributed by atoms with E-state index in [2.05, 4.69) is 4.98 Å². The second-order valence-electron chi connectivity index (χ2n) is 3.04. The number of rotatable bonds is 1. The fourth-order valence-corrected chi connectivity index (χ4v) is 1.53. The maximum atomic E-state index is 11.3. The maximum absolute atomic E-state index is 11.3. The topological polar surface area (TPSA) is 91.7 Å². The zero-order valence-electron chi connectivity index (χ0n) is 7.67. The Balaban J connectivity index is 2.46. The Labute approximate surface area is 85.3 Å². The first-order valence-electron chi connectivity index (χ1n) is 4.31. The maximum Gasteiger partial charge on any atom is 0.329 e. The second kappa shape index (κ2) is 3.43. The van der Waals surface area contributed by atoms with Gasteiger partial charge in [-0.1, -0.05) is 0 Å². The van der Waals surface area contributed by atoms with Gasteiger partial charge in [-0.2, -0.15) is 10.5 Å². The summed E-state index contributed by atoms with van der Waals surface area (Å²) in [7, 11) is 0. The Bertz CT molecular complexity index is 491. The number of cyclic esters (lactones) is 1. The van der Waals surface area contributed by atoms with Crippen molar-refractivity contribution in [3.63, 3.8) is 0 Å². The lowest BCUT2D eigenvalue weighted by Gasteiger charge is -2.07. The van der Waals surface area contributed by atoms with Crippen LogP contribution in [0.5, 0.6) is 0 Å². The summed E-state index contributed by atoms with van der Waals surface area (Å²) in [5.41, 5.74) is 0.151. The molecule has 1 aromatic rings. The van der Waals surface area contributed by atoms with Gasteiger partial charge in [0.05, 0.1) is 12.9 Å². The van der Waals surface area contributed by atoms with Crippen molar-refractivity contribution in [1.82, 2.24) is 9.55 Å². The lowest BCUT2D eigenvalue weighted by Crippen LogP contribution is -2.15. The number of imidazole rings is 1. The molecule has 1 fully saturated rings. The van der Waals surface area contributed by atoms with E-state index in [0.717, 1.165) is 0 Å². The monoisotopic (exact) mass is 202 g/mol. The van der Waals surface area contributed by atoms with Crippen LogP contribution in [0.1, 0.15) is 23.9 Å². The number of esters is 1. The minimum absolute atomic E-state index is 0.0391. The van der Waals surface area contributed by atoms with Gasteiger partial charge in [-0.3, -0.25) is 0 Å². The van der Waals surface area contributed by atoms with Crippen molar-refractivity contribution in [1.29, 1.82) is 10.5 Å². The summed E-state index contributed by atoms with van der Waals surface area (Å²) < 4.78 is 6.18. The molecule has 1 atom stereocenters. The van der Waals surface area contributed by atoms with Gasteiger partial charge in [0.25, 0.3) is 0 Å². The molecule has 0 saturated carbocycles. The normalized spacial score (nSPS) is 19.3. The van der Waals surface area contributed by atoms with Gasteiger partial charge in [0.2, 0.25) is 0 Å². The van der Waals surface area contributed by atoms with E-state index in [9.17, 15) is 4.79 Å². The fraction of sp³-hybridized carbons (Fsp3) is 0.333. The number of nitrogens with zero attached hydrogens (tertiary/aromatic N) is 4. The van der Waals surface area contributed by atoms with Crippen LogP contribution in [-0.2, 0) is 9.53 Å². The number of carbonyl (C=O) groups is 1. The highest BCUT2D eigenvalue weighted by Crippen LogP contribution is 2.22. The molecule has 0 radical (unpaired) electrons. The van der Waals surface area contributed by atoms with E-state index in [1.54, 1.807) is 6.07 Å². The molecule has 1 unspecified atom stereocenters. The summed E-state index contributed by atoms with van der Waals surface area (Å²) in [5.74, 6) is -0.381. The molecule has 0 aliphatic carbocycles. The van der Waals surface area contributed by atoms with Gasteiger partial charge in [-0.15, -0.1) is 0 Å². The van der Waals surface area contributed by atoms with Gasteiger partial charge in [0, 0.05) is 6.42 Å². The molecule has 15 heavy (non-hydrogen) atoms. The molecule has 6 nitrogen and oxygen atoms in total. The summed E-state index contributed by atoms with van der Waals surface area (Å²) >= 11 is 0. The van der Waals surface area contributed by atoms with E-state index in [-0.39, 0.29) is 17.4 Å². The van der Waals surface area contributed by atoms with E-state index in [1.807, 2.05) is 6.07 Å². The number of carbonyl (C=O) groups excluding carboxylic acids is 1. The third kappa shape index (κ3) is 1.32. The van der Waals surface area contributed by atoms with Crippen molar-refractivity contribution in [3.05, 3.63) is 17.7 Å². The van der Waals surface area contributed by atoms with Crippen molar-refractivity contribution in [2.45, 2.75) is 12.5 Å². The molecule has 0 N–H and O–H groups in total. The van der Waals surface area contributed by atoms with Crippen LogP contribution in [-0.4, -0.2) is 22.1 Å². The molecule has 74 valence electrons. The van der Waals surface area contributed by atoms with Gasteiger partial charge < -0.3 is 9.30 Å². The molecule has 1 aromatic heterocycles. The average Bonchev–Trinajstić information content (AvgIpc) is 2.82. The molecular formula is C9H6N4O2. The summed E-state index contributed by atoms with van der Waals surface area (Å²) in [6.45, 7) is 0.342. The van der Waals surface area contributed by atoms with Gasteiger partial charge in [-0.05, 0) is 0 Å². The van der Waals surface area contributed by atoms with E-state index in [1.165, 1.54) is 10.9 Å². The van der Waals surface area contributed by atoms with Crippen molar-refractivity contribution < 1.29 is 9.53 Å². The standard InChI is InChI=1S/C9H6N4O2/c10-3-6-8(4-11)13(5-12-6)7-1-2-15-9(7)14/h5,7H,1-2H2. The molecule has 6 heteroatoms. The molecular weight excluding hydrogens is 196 g/mol. The van der Waals surface area contributed by atoms with Crippen LogP contribution >= 0.6 is 0 Å². The summed E-state index contributed by atoms with van der Waals surface area (Å²) in [6.07, 6.45) is 1.84. The SMILES string of the molecule is N#Cc1ncn(C2CCOC2=O)c1C#N. The fourth-order valence-electron chi connectivity index (χ4n) is 1.53. The molecule has 2 heterocycles. The van der Waals surface area contributed by atoms with Crippen LogP contribution < -0.4 is 0 Å². The molecule has 1 aliphatic heterocycles. The minimum Gasteiger partial charge on any atom is -0.464 e. The highest BCUT2D eigenvalue weighted by Gasteiger charge is 2.30. The summed E-state index contributed by atoms with van der Waals surface area (Å²) in [5, 5.41) is 17.5. The van der Waals surface area contributed by atoms with Crippen molar-refractivity contribution in [3.8, 4) is 12.1 Å². The minimum atomic E-state index is -0.519. The molecule has 0 aromatic carbocycles. The second-order valence-corrected chi connectivity index (χ2v) is 3.04. The largest absolute Gasteiger partial charge is 0.464 e. The van der Waals surface area contributed by atoms with Gasteiger partial charge >= 0.3 is 5.97 Å². The van der Waals surface area contributed by atoms with E-state index >= 15 is 0 Å². The highest BCUT2D eigenvalue weighted by molar-refractivity contribution is 5.76. The predicted molar refractivity (Wildman–Crippen MR) is 46.3 cm³/mol. The number of nitriles is 2. The number of hydrogen-bond acceptors (Lipinski definition) is 5. The summed E-state index contributed by atoms with van der Waals surface area (Å²) in [6, 6.07) is 3.14. The first-order chi connectivity index (χ1) is 7.27. The van der Waals surface area contributed by atoms with Crippen molar-refractivity contribution in [2.24, 2.45) is 0 Å². The van der Waals surface area contributed by atoms with Crippen LogP contribution in [0.3, 0.4) is 0 Å². The van der Waals surface area contributed by atoms with Gasteiger partial charge in [-0.25, -0.2) is 9.78 Å². The zero-order chi connectivity index (χ0) is 10.8. The van der Waals surface area contributed by atoms with E-state index < -0.39 is 6.04 Å². The van der Waals surface area contributed by atoms with Crippen molar-refractivity contribution >= 4 is 5.97 Å². The number of hydrogen-bond donors (Lipinski definition) is 0. The van der Waals surface area contributed by atoms with E-state index in [0.29, 0.717) is 13.0 Å². The zero-order valence-corrected chi connectivity index (χ0v) is 7.67. The van der Waals surface area contributed by atoms with Crippen molar-refractivity contribution in [2.75, 3.05) is 6.61 Å². The third-order valence-corrected chi connectivity index (χ3v) is 2.25. The van der Waals surface area contributed by atoms with Crippen LogP contribution in [0.4, 0.5) is 0 Å². The lowest BCUT2D eigenvalue weighted by molar-refractivity contribution is -0.140. The van der Waals surface area contributed by atoms with Gasteiger partial charge in [0.15, 0.2) is 11.4 Å². The molecule has 1 aliphatic rings. The molecule has 1 saturated heterocycles. The quantitative estimate of drug-likeness (QED) is 0.603. The predicted octanol–water partition coefficient (Wildman–Crippen LogP) is 0.114. The Hall–Kier alpha value is -2.34. The highest BCUT2D eigenvalue weighted by atomic mass is 16.5. The smallest absolute Gasteiger partial charge is 0.329 e. The van der Waals surface area contributed by atoms with Gasteiger partial charge in [0.1, 0.15) is 18.2 Å². The summed E-state index contributed by atoms with van der Waals surface area (Å²) in [4.78, 5) is 15.0. The Morgan fingerprint density at radius 3 is 2.87 bits per heavy atom. The number of aromatic nitrogens is 2. The molecule has 0 bridgehead atoms. The molecule has 2 rings (SSSR count). The Morgan fingerprint density at radius 1 is 1.53 bits per heavy atom. The lowest BCUT2D eigenvalue weighted by atomic mass is 10.2.